The first kappa shape index (κ1) is 21.3. The van der Waals surface area contributed by atoms with E-state index in [0.717, 1.165) is 11.1 Å². The highest BCUT2D eigenvalue weighted by Crippen LogP contribution is 2.27. The molecule has 0 fully saturated rings. The number of hydrogen-bond acceptors (Lipinski definition) is 9. The lowest BCUT2D eigenvalue weighted by Gasteiger charge is -2.13. The first-order valence-electron chi connectivity index (χ1n) is 9.45. The van der Waals surface area contributed by atoms with E-state index in [9.17, 15) is 4.79 Å². The van der Waals surface area contributed by atoms with Gasteiger partial charge in [0.2, 0.25) is 11.8 Å². The number of ether oxygens (including phenoxy) is 1. The van der Waals surface area contributed by atoms with Gasteiger partial charge in [0.05, 0.1) is 26.4 Å². The van der Waals surface area contributed by atoms with Crippen molar-refractivity contribution in [3.05, 3.63) is 47.2 Å². The summed E-state index contributed by atoms with van der Waals surface area (Å²) in [7, 11) is 1.59. The first-order valence-corrected chi connectivity index (χ1v) is 9.98. The molecule has 13 heteroatoms. The van der Waals surface area contributed by atoms with Gasteiger partial charge in [-0.3, -0.25) is 10.00 Å². The summed E-state index contributed by atoms with van der Waals surface area (Å²) in [6, 6.07) is 5.71. The molecule has 0 aliphatic carbocycles. The molecule has 1 aromatic carbocycles. The number of fused-ring (bicyclic) bond motifs is 1. The fourth-order valence-electron chi connectivity index (χ4n) is 3.13. The number of carboxylic acid groups (broad SMARTS) is 1. The van der Waals surface area contributed by atoms with Gasteiger partial charge < -0.3 is 19.7 Å². The molecule has 12 nitrogen and oxygen atoms in total. The van der Waals surface area contributed by atoms with E-state index in [4.69, 9.17) is 26.0 Å². The topological polar surface area (TPSA) is 153 Å². The zero-order chi connectivity index (χ0) is 22.7. The third-order valence-electron chi connectivity index (χ3n) is 4.52. The molecule has 0 saturated heterocycles. The summed E-state index contributed by atoms with van der Waals surface area (Å²) in [5.41, 5.74) is 2.83. The Kier molecular flexibility index (Phi) is 6.03. The van der Waals surface area contributed by atoms with Gasteiger partial charge in [-0.25, -0.2) is 9.78 Å². The van der Waals surface area contributed by atoms with E-state index < -0.39 is 6.09 Å². The standard InChI is InChI=1S/C19H19ClN8O4/c1-10-23-15(27-32-10)8-21-17-16-13(24-18(25-17)26-19(29)30)7-22-28(16)9-12-4-3-11(6-20)5-14(12)31-2/h3-5,7H,6,8-9H2,1-2H3,(H,29,30)(H2,21,24,25,26). The van der Waals surface area contributed by atoms with Crippen molar-refractivity contribution in [3.8, 4) is 5.75 Å². The minimum Gasteiger partial charge on any atom is -0.496 e. The average molecular weight is 459 g/mol. The summed E-state index contributed by atoms with van der Waals surface area (Å²) in [6.45, 7) is 2.25. The van der Waals surface area contributed by atoms with Crippen LogP contribution in [-0.2, 0) is 19.0 Å². The van der Waals surface area contributed by atoms with Gasteiger partial charge in [-0.1, -0.05) is 17.3 Å². The van der Waals surface area contributed by atoms with Gasteiger partial charge >= 0.3 is 6.09 Å². The van der Waals surface area contributed by atoms with Crippen LogP contribution in [0.1, 0.15) is 22.8 Å². The van der Waals surface area contributed by atoms with Gasteiger partial charge in [-0.05, 0) is 11.6 Å². The third kappa shape index (κ3) is 4.54. The SMILES string of the molecule is COc1cc(CCl)ccc1Cn1ncc2nc(NC(=O)O)nc(NCc3noc(C)n3)c21. The molecule has 1 amide bonds. The second-order valence-electron chi connectivity index (χ2n) is 6.73. The van der Waals surface area contributed by atoms with Crippen molar-refractivity contribution in [2.75, 3.05) is 17.7 Å². The number of alkyl halides is 1. The van der Waals surface area contributed by atoms with Crippen molar-refractivity contribution in [2.24, 2.45) is 0 Å². The van der Waals surface area contributed by atoms with E-state index in [0.29, 0.717) is 46.7 Å². The van der Waals surface area contributed by atoms with E-state index in [-0.39, 0.29) is 12.5 Å². The number of methoxy groups -OCH3 is 1. The number of carbonyl (C=O) groups is 1. The lowest BCUT2D eigenvalue weighted by Crippen LogP contribution is -2.13. The fourth-order valence-corrected chi connectivity index (χ4v) is 3.30. The molecule has 32 heavy (non-hydrogen) atoms. The Hall–Kier alpha value is -3.93. The van der Waals surface area contributed by atoms with Gasteiger partial charge in [0.15, 0.2) is 11.6 Å². The van der Waals surface area contributed by atoms with Crippen molar-refractivity contribution in [2.45, 2.75) is 25.9 Å². The van der Waals surface area contributed by atoms with E-state index in [2.05, 4.69) is 35.8 Å². The van der Waals surface area contributed by atoms with Crippen LogP contribution < -0.4 is 15.4 Å². The summed E-state index contributed by atoms with van der Waals surface area (Å²) in [5, 5.41) is 22.6. The number of nitrogens with one attached hydrogen (secondary N) is 2. The van der Waals surface area contributed by atoms with Gasteiger partial charge in [0.25, 0.3) is 0 Å². The number of nitrogens with zero attached hydrogens (tertiary/aromatic N) is 6. The van der Waals surface area contributed by atoms with Crippen LogP contribution in [0.4, 0.5) is 16.6 Å². The minimum absolute atomic E-state index is 0.0830. The van der Waals surface area contributed by atoms with Crippen LogP contribution in [0.25, 0.3) is 11.0 Å². The van der Waals surface area contributed by atoms with Gasteiger partial charge in [0, 0.05) is 18.4 Å². The molecule has 4 rings (SSSR count). The lowest BCUT2D eigenvalue weighted by molar-refractivity contribution is 0.209. The van der Waals surface area contributed by atoms with E-state index >= 15 is 0 Å². The summed E-state index contributed by atoms with van der Waals surface area (Å²) in [6.07, 6.45) is 0.258. The maximum Gasteiger partial charge on any atom is 0.411 e. The monoisotopic (exact) mass is 458 g/mol. The second kappa shape index (κ2) is 9.06. The molecular weight excluding hydrogens is 440 g/mol. The largest absolute Gasteiger partial charge is 0.496 e. The number of aryl methyl sites for hydroxylation is 1. The van der Waals surface area contributed by atoms with Crippen LogP contribution in [0.5, 0.6) is 5.75 Å². The Morgan fingerprint density at radius 3 is 2.84 bits per heavy atom. The fraction of sp³-hybridized carbons (Fsp3) is 0.263. The first-order chi connectivity index (χ1) is 15.5. The summed E-state index contributed by atoms with van der Waals surface area (Å²) in [5.74, 6) is 2.17. The zero-order valence-electron chi connectivity index (χ0n) is 17.2. The molecule has 0 atom stereocenters. The number of halogens is 1. The molecular formula is C19H19ClN8O4. The molecule has 0 unspecified atom stereocenters. The molecule has 166 valence electrons. The molecule has 0 saturated carbocycles. The Balaban J connectivity index is 1.72. The molecule has 0 bridgehead atoms. The van der Waals surface area contributed by atoms with E-state index in [1.807, 2.05) is 18.2 Å². The van der Waals surface area contributed by atoms with Crippen LogP contribution in [-0.4, -0.2) is 48.2 Å². The van der Waals surface area contributed by atoms with Crippen LogP contribution in [0.3, 0.4) is 0 Å². The van der Waals surface area contributed by atoms with Crippen LogP contribution in [0.15, 0.2) is 28.9 Å². The van der Waals surface area contributed by atoms with Crippen LogP contribution >= 0.6 is 11.6 Å². The Morgan fingerprint density at radius 1 is 1.31 bits per heavy atom. The van der Waals surface area contributed by atoms with Crippen molar-refractivity contribution < 1.29 is 19.2 Å². The molecule has 0 spiro atoms. The summed E-state index contributed by atoms with van der Waals surface area (Å²) >= 11 is 5.92. The molecule has 0 radical (unpaired) electrons. The molecule has 3 heterocycles. The normalized spacial score (nSPS) is 11.0. The van der Waals surface area contributed by atoms with Gasteiger partial charge in [-0.15, -0.1) is 11.6 Å². The highest BCUT2D eigenvalue weighted by molar-refractivity contribution is 6.17. The number of aromatic nitrogens is 6. The lowest BCUT2D eigenvalue weighted by atomic mass is 10.1. The number of hydrogen-bond donors (Lipinski definition) is 3. The van der Waals surface area contributed by atoms with Crippen LogP contribution in [0.2, 0.25) is 0 Å². The maximum atomic E-state index is 11.1. The summed E-state index contributed by atoms with van der Waals surface area (Å²) < 4.78 is 12.2. The van der Waals surface area contributed by atoms with Crippen molar-refractivity contribution in [1.29, 1.82) is 0 Å². The highest BCUT2D eigenvalue weighted by atomic mass is 35.5. The van der Waals surface area contributed by atoms with E-state index in [1.165, 1.54) is 6.20 Å². The van der Waals surface area contributed by atoms with Crippen molar-refractivity contribution in [3.63, 3.8) is 0 Å². The predicted molar refractivity (Wildman–Crippen MR) is 115 cm³/mol. The number of rotatable bonds is 8. The van der Waals surface area contributed by atoms with E-state index in [1.54, 1.807) is 18.7 Å². The molecule has 0 aliphatic heterocycles. The predicted octanol–water partition coefficient (Wildman–Crippen LogP) is 3.02. The highest BCUT2D eigenvalue weighted by Gasteiger charge is 2.17. The number of benzene rings is 1. The van der Waals surface area contributed by atoms with Gasteiger partial charge in [-0.2, -0.15) is 15.1 Å². The van der Waals surface area contributed by atoms with Gasteiger partial charge in [0.1, 0.15) is 16.8 Å². The van der Waals surface area contributed by atoms with Crippen LogP contribution in [0, 0.1) is 6.92 Å². The summed E-state index contributed by atoms with van der Waals surface area (Å²) in [4.78, 5) is 23.8. The maximum absolute atomic E-state index is 11.1. The Labute approximate surface area is 186 Å². The third-order valence-corrected chi connectivity index (χ3v) is 4.83. The Bertz CT molecular complexity index is 1270. The molecule has 4 aromatic rings. The minimum atomic E-state index is -1.28. The smallest absolute Gasteiger partial charge is 0.411 e. The molecule has 0 aliphatic rings. The quantitative estimate of drug-likeness (QED) is 0.335. The second-order valence-corrected chi connectivity index (χ2v) is 6.99. The number of anilines is 2. The Morgan fingerprint density at radius 2 is 2.16 bits per heavy atom. The number of amides is 1. The molecule has 3 aromatic heterocycles. The average Bonchev–Trinajstić information content (AvgIpc) is 3.37. The van der Waals surface area contributed by atoms with Crippen molar-refractivity contribution >= 4 is 40.5 Å². The zero-order valence-corrected chi connectivity index (χ0v) is 17.9. The molecule has 3 N–H and O–H groups in total. The van der Waals surface area contributed by atoms with Crippen molar-refractivity contribution in [1.82, 2.24) is 29.9 Å².